The van der Waals surface area contributed by atoms with Crippen LogP contribution in [0.2, 0.25) is 0 Å². The van der Waals surface area contributed by atoms with Crippen LogP contribution in [-0.4, -0.2) is 38.4 Å². The van der Waals surface area contributed by atoms with Crippen molar-refractivity contribution in [2.75, 3.05) is 6.54 Å². The molecule has 2 heterocycles. The average molecular weight is 371 g/mol. The van der Waals surface area contributed by atoms with Crippen LogP contribution < -0.4 is 0 Å². The Hall–Kier alpha value is -3.00. The highest BCUT2D eigenvalue weighted by Gasteiger charge is 2.20. The number of carboxylic acid groups (broad SMARTS) is 1. The van der Waals surface area contributed by atoms with E-state index in [2.05, 4.69) is 9.97 Å². The standard InChI is InChI=1S/C18H17N3O4S/c1-3-21(9-15-20-11(2)10-26-15)17(22)13-6-12(16-19-4-5-25-16)7-14(8-13)18(23)24/h4-8,10H,3,9H2,1-2H3,(H,23,24). The van der Waals surface area contributed by atoms with Crippen LogP contribution in [0.25, 0.3) is 11.5 Å². The van der Waals surface area contributed by atoms with Gasteiger partial charge in [-0.1, -0.05) is 0 Å². The van der Waals surface area contributed by atoms with Crippen LogP contribution in [0, 0.1) is 6.92 Å². The smallest absolute Gasteiger partial charge is 0.335 e. The second kappa shape index (κ2) is 7.49. The molecule has 0 spiro atoms. The van der Waals surface area contributed by atoms with E-state index in [-0.39, 0.29) is 22.9 Å². The van der Waals surface area contributed by atoms with Crippen LogP contribution in [-0.2, 0) is 6.54 Å². The lowest BCUT2D eigenvalue weighted by Gasteiger charge is -2.20. The van der Waals surface area contributed by atoms with Crippen molar-refractivity contribution in [3.8, 4) is 11.5 Å². The molecule has 26 heavy (non-hydrogen) atoms. The highest BCUT2D eigenvalue weighted by atomic mass is 32.1. The lowest BCUT2D eigenvalue weighted by atomic mass is 10.0. The maximum Gasteiger partial charge on any atom is 0.335 e. The molecular formula is C18H17N3O4S. The Bertz CT molecular complexity index is 934. The molecule has 0 aliphatic carbocycles. The third-order valence-electron chi connectivity index (χ3n) is 3.77. The highest BCUT2D eigenvalue weighted by molar-refractivity contribution is 7.09. The third-order valence-corrected chi connectivity index (χ3v) is 4.72. The molecular weight excluding hydrogens is 354 g/mol. The van der Waals surface area contributed by atoms with Gasteiger partial charge in [-0.3, -0.25) is 4.79 Å². The Morgan fingerprint density at radius 3 is 2.62 bits per heavy atom. The second-order valence-electron chi connectivity index (χ2n) is 5.64. The van der Waals surface area contributed by atoms with Gasteiger partial charge >= 0.3 is 5.97 Å². The molecule has 0 aliphatic heterocycles. The first-order valence-corrected chi connectivity index (χ1v) is 8.84. The molecule has 0 saturated carbocycles. The SMILES string of the molecule is CCN(Cc1nc(C)cs1)C(=O)c1cc(C(=O)O)cc(-c2ncco2)c1. The molecule has 0 aliphatic rings. The van der Waals surface area contributed by atoms with Gasteiger partial charge in [-0.15, -0.1) is 11.3 Å². The molecule has 3 aromatic rings. The number of carboxylic acids is 1. The molecule has 1 amide bonds. The van der Waals surface area contributed by atoms with Crippen LogP contribution in [0.4, 0.5) is 0 Å². The molecule has 7 nitrogen and oxygen atoms in total. The number of aromatic nitrogens is 2. The van der Waals surface area contributed by atoms with E-state index in [1.54, 1.807) is 11.0 Å². The minimum Gasteiger partial charge on any atom is -0.478 e. The predicted molar refractivity (Wildman–Crippen MR) is 96.2 cm³/mol. The molecule has 0 atom stereocenters. The molecule has 2 aromatic heterocycles. The van der Waals surface area contributed by atoms with Crippen molar-refractivity contribution in [2.45, 2.75) is 20.4 Å². The fourth-order valence-corrected chi connectivity index (χ4v) is 3.30. The van der Waals surface area contributed by atoms with E-state index in [4.69, 9.17) is 4.42 Å². The Labute approximate surface area is 153 Å². The maximum absolute atomic E-state index is 12.9. The number of carbonyl (C=O) groups excluding carboxylic acids is 1. The first kappa shape index (κ1) is 17.8. The summed E-state index contributed by atoms with van der Waals surface area (Å²) in [5.74, 6) is -1.12. The lowest BCUT2D eigenvalue weighted by molar-refractivity contribution is 0.0697. The van der Waals surface area contributed by atoms with Gasteiger partial charge in [-0.2, -0.15) is 0 Å². The summed E-state index contributed by atoms with van der Waals surface area (Å²) in [5.41, 5.74) is 1.63. The molecule has 0 radical (unpaired) electrons. The maximum atomic E-state index is 12.9. The summed E-state index contributed by atoms with van der Waals surface area (Å²) >= 11 is 1.49. The van der Waals surface area contributed by atoms with Gasteiger partial charge in [0.25, 0.3) is 5.91 Å². The molecule has 0 fully saturated rings. The summed E-state index contributed by atoms with van der Waals surface area (Å²) < 4.78 is 5.24. The molecule has 0 saturated heterocycles. The normalized spacial score (nSPS) is 10.7. The fourth-order valence-electron chi connectivity index (χ4n) is 2.51. The largest absolute Gasteiger partial charge is 0.478 e. The van der Waals surface area contributed by atoms with Crippen molar-refractivity contribution >= 4 is 23.2 Å². The summed E-state index contributed by atoms with van der Waals surface area (Å²) in [4.78, 5) is 34.4. The highest BCUT2D eigenvalue weighted by Crippen LogP contribution is 2.23. The fraction of sp³-hybridized carbons (Fsp3) is 0.222. The summed E-state index contributed by atoms with van der Waals surface area (Å²) in [7, 11) is 0. The van der Waals surface area contributed by atoms with Crippen molar-refractivity contribution < 1.29 is 19.1 Å². The minimum absolute atomic E-state index is 0.00481. The first-order valence-electron chi connectivity index (χ1n) is 7.96. The number of aromatic carboxylic acids is 1. The van der Waals surface area contributed by atoms with E-state index in [0.29, 0.717) is 18.7 Å². The number of hydrogen-bond donors (Lipinski definition) is 1. The van der Waals surface area contributed by atoms with Crippen LogP contribution in [0.3, 0.4) is 0 Å². The first-order chi connectivity index (χ1) is 12.5. The van der Waals surface area contributed by atoms with E-state index in [1.807, 2.05) is 19.2 Å². The number of aryl methyl sites for hydroxylation is 1. The Kier molecular flexibility index (Phi) is 5.13. The number of benzene rings is 1. The number of rotatable bonds is 6. The van der Waals surface area contributed by atoms with Gasteiger partial charge in [0, 0.05) is 28.7 Å². The number of nitrogens with zero attached hydrogens (tertiary/aromatic N) is 3. The van der Waals surface area contributed by atoms with Crippen LogP contribution in [0.5, 0.6) is 0 Å². The minimum atomic E-state index is -1.12. The number of thiazole rings is 1. The van der Waals surface area contributed by atoms with Gasteiger partial charge in [0.05, 0.1) is 18.3 Å². The topological polar surface area (TPSA) is 96.5 Å². The zero-order valence-electron chi connectivity index (χ0n) is 14.3. The quantitative estimate of drug-likeness (QED) is 0.713. The van der Waals surface area contributed by atoms with Crippen molar-refractivity contribution in [3.05, 3.63) is 57.9 Å². The van der Waals surface area contributed by atoms with Crippen molar-refractivity contribution in [2.24, 2.45) is 0 Å². The molecule has 134 valence electrons. The van der Waals surface area contributed by atoms with Gasteiger partial charge < -0.3 is 14.4 Å². The van der Waals surface area contributed by atoms with Gasteiger partial charge in [-0.25, -0.2) is 14.8 Å². The zero-order chi connectivity index (χ0) is 18.7. The van der Waals surface area contributed by atoms with E-state index in [0.717, 1.165) is 10.7 Å². The van der Waals surface area contributed by atoms with Gasteiger partial charge in [0.15, 0.2) is 0 Å². The van der Waals surface area contributed by atoms with Crippen LogP contribution in [0.15, 0.2) is 40.5 Å². The summed E-state index contributed by atoms with van der Waals surface area (Å²) in [5, 5.41) is 12.1. The molecule has 0 bridgehead atoms. The van der Waals surface area contributed by atoms with Gasteiger partial charge in [0.2, 0.25) is 5.89 Å². The lowest BCUT2D eigenvalue weighted by Crippen LogP contribution is -2.30. The zero-order valence-corrected chi connectivity index (χ0v) is 15.1. The molecule has 8 heteroatoms. The summed E-state index contributed by atoms with van der Waals surface area (Å²) in [6.45, 7) is 4.62. The predicted octanol–water partition coefficient (Wildman–Crippen LogP) is 3.47. The number of hydrogen-bond acceptors (Lipinski definition) is 6. The Morgan fingerprint density at radius 2 is 2.04 bits per heavy atom. The second-order valence-corrected chi connectivity index (χ2v) is 6.59. The van der Waals surface area contributed by atoms with E-state index < -0.39 is 5.97 Å². The van der Waals surface area contributed by atoms with Gasteiger partial charge in [-0.05, 0) is 32.0 Å². The third kappa shape index (κ3) is 3.80. The summed E-state index contributed by atoms with van der Waals surface area (Å²) in [6, 6.07) is 4.40. The van der Waals surface area contributed by atoms with Crippen molar-refractivity contribution in [1.29, 1.82) is 0 Å². The van der Waals surface area contributed by atoms with Gasteiger partial charge in [0.1, 0.15) is 11.3 Å². The number of carbonyl (C=O) groups is 2. The van der Waals surface area contributed by atoms with Crippen molar-refractivity contribution in [1.82, 2.24) is 14.9 Å². The van der Waals surface area contributed by atoms with Crippen LogP contribution >= 0.6 is 11.3 Å². The van der Waals surface area contributed by atoms with E-state index in [1.165, 1.54) is 35.9 Å². The van der Waals surface area contributed by atoms with E-state index >= 15 is 0 Å². The number of oxazole rings is 1. The number of amides is 1. The van der Waals surface area contributed by atoms with Crippen molar-refractivity contribution in [3.63, 3.8) is 0 Å². The Balaban J connectivity index is 1.95. The molecule has 1 aromatic carbocycles. The summed E-state index contributed by atoms with van der Waals surface area (Å²) in [6.07, 6.45) is 2.86. The molecule has 3 rings (SSSR count). The van der Waals surface area contributed by atoms with E-state index in [9.17, 15) is 14.7 Å². The molecule has 0 unspecified atom stereocenters. The van der Waals surface area contributed by atoms with Crippen LogP contribution in [0.1, 0.15) is 38.3 Å². The average Bonchev–Trinajstić information content (AvgIpc) is 3.30. The molecule has 1 N–H and O–H groups in total. The monoisotopic (exact) mass is 371 g/mol. The Morgan fingerprint density at radius 1 is 1.27 bits per heavy atom.